The van der Waals surface area contributed by atoms with Gasteiger partial charge in [0, 0.05) is 12.8 Å². The standard InChI is InChI=1S/C74H145NO5/c1-3-5-7-9-11-13-15-16-17-18-39-42-45-48-52-56-60-64-68-74(79)80-69-65-61-57-53-49-46-43-40-37-35-33-31-29-27-25-23-21-19-20-22-24-26-28-30-32-34-36-38-41-44-47-51-55-59-63-67-73(78)75-71(70-76)72(77)66-62-58-54-50-14-12-10-8-6-4-2/h62,66,71-72,76-77H,3-61,63-65,67-70H2,1-2H3,(H,75,78)/b66-62+. The molecule has 0 radical (unpaired) electrons. The Morgan fingerprint density at radius 3 is 0.850 bits per heavy atom. The van der Waals surface area contributed by atoms with Crippen molar-refractivity contribution in [1.82, 2.24) is 5.32 Å². The topological polar surface area (TPSA) is 95.9 Å². The molecular weight excluding hydrogens is 983 g/mol. The van der Waals surface area contributed by atoms with Crippen LogP contribution in [0.1, 0.15) is 425 Å². The Hall–Kier alpha value is -1.40. The number of rotatable bonds is 70. The molecule has 0 saturated carbocycles. The first-order valence-corrected chi connectivity index (χ1v) is 37.0. The number of carbonyl (C=O) groups excluding carboxylic acids is 2. The molecule has 0 aliphatic heterocycles. The van der Waals surface area contributed by atoms with Crippen molar-refractivity contribution >= 4 is 11.9 Å². The van der Waals surface area contributed by atoms with E-state index in [0.717, 1.165) is 38.5 Å². The Labute approximate surface area is 501 Å². The van der Waals surface area contributed by atoms with E-state index in [0.29, 0.717) is 19.4 Å². The van der Waals surface area contributed by atoms with Gasteiger partial charge in [0.1, 0.15) is 0 Å². The summed E-state index contributed by atoms with van der Waals surface area (Å²) in [6, 6.07) is -0.621. The fraction of sp³-hybridized carbons (Fsp3) is 0.946. The van der Waals surface area contributed by atoms with E-state index >= 15 is 0 Å². The van der Waals surface area contributed by atoms with E-state index in [1.165, 1.54) is 360 Å². The molecule has 6 nitrogen and oxygen atoms in total. The van der Waals surface area contributed by atoms with Gasteiger partial charge in [0.2, 0.25) is 5.91 Å². The zero-order valence-electron chi connectivity index (χ0n) is 54.6. The van der Waals surface area contributed by atoms with E-state index in [1.54, 1.807) is 6.08 Å². The molecule has 6 heteroatoms. The highest BCUT2D eigenvalue weighted by atomic mass is 16.5. The maximum Gasteiger partial charge on any atom is 0.305 e. The van der Waals surface area contributed by atoms with Crippen LogP contribution in [0.2, 0.25) is 0 Å². The summed E-state index contributed by atoms with van der Waals surface area (Å²) in [5.41, 5.74) is 0. The maximum atomic E-state index is 12.4. The van der Waals surface area contributed by atoms with E-state index < -0.39 is 12.1 Å². The Bertz CT molecular complexity index is 1210. The number of carbonyl (C=O) groups is 2. The Morgan fingerprint density at radius 1 is 0.338 bits per heavy atom. The summed E-state index contributed by atoms with van der Waals surface area (Å²) in [5, 5.41) is 23.0. The van der Waals surface area contributed by atoms with Crippen molar-refractivity contribution in [2.24, 2.45) is 0 Å². The number of esters is 1. The lowest BCUT2D eigenvalue weighted by atomic mass is 10.0. The number of hydrogen-bond donors (Lipinski definition) is 3. The largest absolute Gasteiger partial charge is 0.466 e. The Morgan fingerprint density at radius 2 is 0.575 bits per heavy atom. The van der Waals surface area contributed by atoms with E-state index in [4.69, 9.17) is 4.74 Å². The zero-order chi connectivity index (χ0) is 57.8. The van der Waals surface area contributed by atoms with Crippen LogP contribution >= 0.6 is 0 Å². The first-order chi connectivity index (χ1) is 39.5. The molecule has 80 heavy (non-hydrogen) atoms. The van der Waals surface area contributed by atoms with Crippen LogP contribution in [-0.4, -0.2) is 47.4 Å². The molecule has 0 fully saturated rings. The minimum Gasteiger partial charge on any atom is -0.466 e. The average molecular weight is 1130 g/mol. The second kappa shape index (κ2) is 70.1. The molecule has 0 aromatic rings. The Balaban J connectivity index is 3.27. The van der Waals surface area contributed by atoms with Gasteiger partial charge in [-0.1, -0.05) is 392 Å². The predicted octanol–water partition coefficient (Wildman–Crippen LogP) is 23.9. The maximum absolute atomic E-state index is 12.4. The number of aliphatic hydroxyl groups is 2. The van der Waals surface area contributed by atoms with Gasteiger partial charge in [-0.05, 0) is 32.1 Å². The van der Waals surface area contributed by atoms with Crippen molar-refractivity contribution in [1.29, 1.82) is 0 Å². The molecule has 0 heterocycles. The van der Waals surface area contributed by atoms with Crippen molar-refractivity contribution in [2.45, 2.75) is 437 Å². The summed E-state index contributed by atoms with van der Waals surface area (Å²) in [6.07, 6.45) is 87.6. The lowest BCUT2D eigenvalue weighted by molar-refractivity contribution is -0.143. The quantitative estimate of drug-likeness (QED) is 0.0320. The van der Waals surface area contributed by atoms with Crippen molar-refractivity contribution in [3.05, 3.63) is 12.2 Å². The second-order valence-corrected chi connectivity index (χ2v) is 25.6. The van der Waals surface area contributed by atoms with Crippen molar-refractivity contribution in [3.63, 3.8) is 0 Å². The summed E-state index contributed by atoms with van der Waals surface area (Å²) >= 11 is 0. The average Bonchev–Trinajstić information content (AvgIpc) is 3.46. The summed E-state index contributed by atoms with van der Waals surface area (Å²) in [4.78, 5) is 24.5. The number of hydrogen-bond acceptors (Lipinski definition) is 5. The summed E-state index contributed by atoms with van der Waals surface area (Å²) < 4.78 is 5.52. The van der Waals surface area contributed by atoms with Crippen LogP contribution < -0.4 is 5.32 Å². The molecule has 3 N–H and O–H groups in total. The number of aliphatic hydroxyl groups excluding tert-OH is 2. The first-order valence-electron chi connectivity index (χ1n) is 37.0. The van der Waals surface area contributed by atoms with Gasteiger partial charge in [0.15, 0.2) is 0 Å². The fourth-order valence-electron chi connectivity index (χ4n) is 11.9. The molecular formula is C74H145NO5. The molecule has 0 aliphatic carbocycles. The molecule has 0 saturated heterocycles. The van der Waals surface area contributed by atoms with Crippen LogP contribution in [0.3, 0.4) is 0 Å². The van der Waals surface area contributed by atoms with Gasteiger partial charge in [-0.25, -0.2) is 0 Å². The SMILES string of the molecule is CCCCCCCCCC/C=C/C(O)C(CO)NC(=O)CCCCCCCCCCCCCCCCCCCCCCCCCCCCCCCCCCCCCOC(=O)CCCCCCCCCCCCCCCCCCCC. The molecule has 0 aliphatic rings. The molecule has 0 aromatic heterocycles. The number of ether oxygens (including phenoxy) is 1. The van der Waals surface area contributed by atoms with Gasteiger partial charge in [-0.2, -0.15) is 0 Å². The molecule has 0 spiro atoms. The van der Waals surface area contributed by atoms with E-state index in [2.05, 4.69) is 19.2 Å². The van der Waals surface area contributed by atoms with Crippen LogP contribution in [0, 0.1) is 0 Å². The van der Waals surface area contributed by atoms with Crippen LogP contribution in [0.4, 0.5) is 0 Å². The number of amides is 1. The van der Waals surface area contributed by atoms with Gasteiger partial charge in [-0.15, -0.1) is 0 Å². The molecule has 476 valence electrons. The highest BCUT2D eigenvalue weighted by Gasteiger charge is 2.18. The number of unbranched alkanes of at least 4 members (excludes halogenated alkanes) is 59. The third-order valence-electron chi connectivity index (χ3n) is 17.6. The minimum atomic E-state index is -0.838. The second-order valence-electron chi connectivity index (χ2n) is 25.6. The molecule has 2 unspecified atom stereocenters. The summed E-state index contributed by atoms with van der Waals surface area (Å²) in [6.45, 7) is 4.93. The monoisotopic (exact) mass is 1130 g/mol. The molecule has 2 atom stereocenters. The summed E-state index contributed by atoms with van der Waals surface area (Å²) in [7, 11) is 0. The van der Waals surface area contributed by atoms with Crippen LogP contribution in [0.5, 0.6) is 0 Å². The zero-order valence-corrected chi connectivity index (χ0v) is 54.6. The number of allylic oxidation sites excluding steroid dienone is 1. The normalized spacial score (nSPS) is 12.5. The van der Waals surface area contributed by atoms with E-state index in [1.807, 2.05) is 6.08 Å². The minimum absolute atomic E-state index is 0.0277. The van der Waals surface area contributed by atoms with E-state index in [9.17, 15) is 19.8 Å². The summed E-state index contributed by atoms with van der Waals surface area (Å²) in [5.74, 6) is -0.0347. The fourth-order valence-corrected chi connectivity index (χ4v) is 11.9. The number of nitrogens with one attached hydrogen (secondary N) is 1. The molecule has 0 aromatic carbocycles. The molecule has 0 rings (SSSR count). The lowest BCUT2D eigenvalue weighted by Crippen LogP contribution is -2.45. The van der Waals surface area contributed by atoms with Crippen LogP contribution in [0.15, 0.2) is 12.2 Å². The molecule has 1 amide bonds. The first kappa shape index (κ1) is 78.6. The van der Waals surface area contributed by atoms with Gasteiger partial charge >= 0.3 is 5.97 Å². The van der Waals surface area contributed by atoms with Crippen molar-refractivity contribution < 1.29 is 24.5 Å². The van der Waals surface area contributed by atoms with Crippen molar-refractivity contribution in [2.75, 3.05) is 13.2 Å². The van der Waals surface area contributed by atoms with Gasteiger partial charge in [-0.3, -0.25) is 9.59 Å². The Kier molecular flexibility index (Phi) is 68.9. The van der Waals surface area contributed by atoms with E-state index in [-0.39, 0.29) is 18.5 Å². The van der Waals surface area contributed by atoms with Crippen molar-refractivity contribution in [3.8, 4) is 0 Å². The molecule has 0 bridgehead atoms. The highest BCUT2D eigenvalue weighted by Crippen LogP contribution is 2.20. The third kappa shape index (κ3) is 65.7. The highest BCUT2D eigenvalue weighted by molar-refractivity contribution is 5.76. The third-order valence-corrected chi connectivity index (χ3v) is 17.6. The van der Waals surface area contributed by atoms with Crippen LogP contribution in [-0.2, 0) is 14.3 Å². The van der Waals surface area contributed by atoms with Crippen LogP contribution in [0.25, 0.3) is 0 Å². The van der Waals surface area contributed by atoms with Gasteiger partial charge < -0.3 is 20.3 Å². The lowest BCUT2D eigenvalue weighted by Gasteiger charge is -2.20. The predicted molar refractivity (Wildman–Crippen MR) is 352 cm³/mol. The smallest absolute Gasteiger partial charge is 0.305 e. The van der Waals surface area contributed by atoms with Gasteiger partial charge in [0.25, 0.3) is 0 Å². The van der Waals surface area contributed by atoms with Gasteiger partial charge in [0.05, 0.1) is 25.4 Å².